The minimum Gasteiger partial charge on any atom is -0.481 e. The second kappa shape index (κ2) is 5.89. The van der Waals surface area contributed by atoms with Gasteiger partial charge in [0, 0.05) is 33.1 Å². The van der Waals surface area contributed by atoms with Gasteiger partial charge in [-0.2, -0.15) is 0 Å². The Hall–Kier alpha value is -1.26. The van der Waals surface area contributed by atoms with Gasteiger partial charge in [-0.25, -0.2) is 4.79 Å². The lowest BCUT2D eigenvalue weighted by molar-refractivity contribution is -0.137. The number of urea groups is 1. The first kappa shape index (κ1) is 13.8. The third kappa shape index (κ3) is 4.24. The van der Waals surface area contributed by atoms with Crippen molar-refractivity contribution in [2.45, 2.75) is 38.6 Å². The molecule has 0 spiro atoms. The fourth-order valence-electron chi connectivity index (χ4n) is 1.90. The summed E-state index contributed by atoms with van der Waals surface area (Å²) in [5, 5.41) is 8.53. The molecule has 0 aromatic carbocycles. The van der Waals surface area contributed by atoms with Gasteiger partial charge < -0.3 is 14.9 Å². The highest BCUT2D eigenvalue weighted by Crippen LogP contribution is 2.34. The van der Waals surface area contributed by atoms with E-state index in [2.05, 4.69) is 6.92 Å². The van der Waals surface area contributed by atoms with E-state index >= 15 is 0 Å². The first-order valence-corrected chi connectivity index (χ1v) is 6.13. The number of hydrogen-bond donors (Lipinski definition) is 1. The second-order valence-electron chi connectivity index (χ2n) is 4.89. The van der Waals surface area contributed by atoms with Gasteiger partial charge in [-0.1, -0.05) is 0 Å². The van der Waals surface area contributed by atoms with Crippen molar-refractivity contribution in [2.75, 3.05) is 20.6 Å². The average molecular weight is 242 g/mol. The fraction of sp³-hybridized carbons (Fsp3) is 0.833. The Morgan fingerprint density at radius 1 is 1.35 bits per heavy atom. The van der Waals surface area contributed by atoms with Gasteiger partial charge in [0.25, 0.3) is 0 Å². The number of hydrogen-bond acceptors (Lipinski definition) is 2. The second-order valence-corrected chi connectivity index (χ2v) is 4.89. The Bertz CT molecular complexity index is 289. The third-order valence-electron chi connectivity index (χ3n) is 3.43. The van der Waals surface area contributed by atoms with Crippen LogP contribution in [0.15, 0.2) is 0 Å². The van der Waals surface area contributed by atoms with Gasteiger partial charge in [-0.05, 0) is 32.1 Å². The zero-order chi connectivity index (χ0) is 13.0. The Labute approximate surface area is 102 Å². The highest BCUT2D eigenvalue weighted by atomic mass is 16.4. The molecule has 17 heavy (non-hydrogen) atoms. The molecular weight excluding hydrogens is 220 g/mol. The van der Waals surface area contributed by atoms with Gasteiger partial charge in [-0.15, -0.1) is 0 Å². The molecule has 2 amide bonds. The van der Waals surface area contributed by atoms with Crippen LogP contribution < -0.4 is 0 Å². The van der Waals surface area contributed by atoms with Crippen molar-refractivity contribution < 1.29 is 14.7 Å². The molecule has 1 atom stereocenters. The van der Waals surface area contributed by atoms with E-state index < -0.39 is 5.97 Å². The molecule has 1 aliphatic rings. The minimum absolute atomic E-state index is 0.0187. The summed E-state index contributed by atoms with van der Waals surface area (Å²) in [4.78, 5) is 25.7. The molecule has 1 saturated carbocycles. The van der Waals surface area contributed by atoms with Gasteiger partial charge in [0.2, 0.25) is 0 Å². The van der Waals surface area contributed by atoms with Crippen LogP contribution in [0, 0.1) is 5.92 Å². The monoisotopic (exact) mass is 242 g/mol. The average Bonchev–Trinajstić information content (AvgIpc) is 3.09. The van der Waals surface area contributed by atoms with Crippen molar-refractivity contribution in [3.63, 3.8) is 0 Å². The van der Waals surface area contributed by atoms with E-state index in [9.17, 15) is 9.59 Å². The highest BCUT2D eigenvalue weighted by molar-refractivity contribution is 5.74. The normalized spacial score (nSPS) is 16.4. The SMILES string of the molecule is CC(C1CC1)N(C)C(=O)N(C)CCCC(=O)O. The molecule has 1 aliphatic carbocycles. The van der Waals surface area contributed by atoms with E-state index in [0.717, 1.165) is 0 Å². The molecule has 0 aromatic heterocycles. The number of carbonyl (C=O) groups excluding carboxylic acids is 1. The molecule has 0 saturated heterocycles. The summed E-state index contributed by atoms with van der Waals surface area (Å²) < 4.78 is 0. The molecule has 1 fully saturated rings. The molecule has 5 nitrogen and oxygen atoms in total. The highest BCUT2D eigenvalue weighted by Gasteiger charge is 2.33. The van der Waals surface area contributed by atoms with Crippen molar-refractivity contribution in [2.24, 2.45) is 5.92 Å². The van der Waals surface area contributed by atoms with E-state index in [1.807, 2.05) is 7.05 Å². The van der Waals surface area contributed by atoms with Gasteiger partial charge in [0.1, 0.15) is 0 Å². The fourth-order valence-corrected chi connectivity index (χ4v) is 1.90. The number of carboxylic acid groups (broad SMARTS) is 1. The van der Waals surface area contributed by atoms with Crippen molar-refractivity contribution in [3.8, 4) is 0 Å². The summed E-state index contributed by atoms with van der Waals surface area (Å²) in [5.74, 6) is -0.165. The number of carbonyl (C=O) groups is 2. The lowest BCUT2D eigenvalue weighted by Gasteiger charge is -2.29. The lowest BCUT2D eigenvalue weighted by atomic mass is 10.2. The summed E-state index contributed by atoms with van der Waals surface area (Å²) in [7, 11) is 3.54. The topological polar surface area (TPSA) is 60.9 Å². The number of aliphatic carboxylic acids is 1. The van der Waals surface area contributed by atoms with Crippen LogP contribution in [-0.2, 0) is 4.79 Å². The first-order chi connectivity index (χ1) is 7.93. The molecule has 1 rings (SSSR count). The third-order valence-corrected chi connectivity index (χ3v) is 3.43. The van der Waals surface area contributed by atoms with Gasteiger partial charge in [0.05, 0.1) is 0 Å². The smallest absolute Gasteiger partial charge is 0.319 e. The van der Waals surface area contributed by atoms with Crippen LogP contribution >= 0.6 is 0 Å². The molecular formula is C12H22N2O3. The molecule has 1 unspecified atom stereocenters. The molecule has 0 aromatic rings. The van der Waals surface area contributed by atoms with Crippen LogP contribution in [-0.4, -0.2) is 53.6 Å². The van der Waals surface area contributed by atoms with Crippen molar-refractivity contribution in [1.82, 2.24) is 9.80 Å². The quantitative estimate of drug-likeness (QED) is 0.770. The molecule has 1 N–H and O–H groups in total. The number of nitrogens with zero attached hydrogens (tertiary/aromatic N) is 2. The molecule has 0 radical (unpaired) electrons. The molecule has 98 valence electrons. The maximum Gasteiger partial charge on any atom is 0.319 e. The number of carboxylic acids is 1. The lowest BCUT2D eigenvalue weighted by Crippen LogP contribution is -2.44. The van der Waals surface area contributed by atoms with E-state index in [4.69, 9.17) is 5.11 Å². The number of rotatable bonds is 6. The van der Waals surface area contributed by atoms with Crippen LogP contribution in [0.1, 0.15) is 32.6 Å². The zero-order valence-electron chi connectivity index (χ0n) is 10.8. The Kier molecular flexibility index (Phi) is 4.78. The molecule has 0 heterocycles. The van der Waals surface area contributed by atoms with E-state index in [1.54, 1.807) is 16.8 Å². The molecule has 0 aliphatic heterocycles. The van der Waals surface area contributed by atoms with Crippen LogP contribution in [0.2, 0.25) is 0 Å². The summed E-state index contributed by atoms with van der Waals surface area (Å²) in [5.41, 5.74) is 0. The predicted molar refractivity (Wildman–Crippen MR) is 64.8 cm³/mol. The maximum atomic E-state index is 12.0. The van der Waals surface area contributed by atoms with Gasteiger partial charge in [0.15, 0.2) is 0 Å². The largest absolute Gasteiger partial charge is 0.481 e. The maximum absolute atomic E-state index is 12.0. The zero-order valence-corrected chi connectivity index (χ0v) is 10.8. The molecule has 5 heteroatoms. The van der Waals surface area contributed by atoms with Crippen LogP contribution in [0.3, 0.4) is 0 Å². The summed E-state index contributed by atoms with van der Waals surface area (Å²) in [6, 6.07) is 0.263. The summed E-state index contributed by atoms with van der Waals surface area (Å²) >= 11 is 0. The number of amides is 2. The van der Waals surface area contributed by atoms with Crippen molar-refractivity contribution >= 4 is 12.0 Å². The minimum atomic E-state index is -0.814. The van der Waals surface area contributed by atoms with Crippen LogP contribution in [0.4, 0.5) is 4.79 Å². The standard InChI is InChI=1S/C12H22N2O3/c1-9(10-6-7-10)14(3)12(17)13(2)8-4-5-11(15)16/h9-10H,4-8H2,1-3H3,(H,15,16). The van der Waals surface area contributed by atoms with Crippen molar-refractivity contribution in [1.29, 1.82) is 0 Å². The predicted octanol–water partition coefficient (Wildman–Crippen LogP) is 1.63. The van der Waals surface area contributed by atoms with Gasteiger partial charge >= 0.3 is 12.0 Å². The van der Waals surface area contributed by atoms with Crippen LogP contribution in [0.25, 0.3) is 0 Å². The van der Waals surface area contributed by atoms with Crippen molar-refractivity contribution in [3.05, 3.63) is 0 Å². The van der Waals surface area contributed by atoms with Crippen LogP contribution in [0.5, 0.6) is 0 Å². The van der Waals surface area contributed by atoms with E-state index in [0.29, 0.717) is 18.9 Å². The Morgan fingerprint density at radius 2 is 1.94 bits per heavy atom. The Morgan fingerprint density at radius 3 is 2.41 bits per heavy atom. The van der Waals surface area contributed by atoms with E-state index in [-0.39, 0.29) is 18.5 Å². The molecule has 0 bridgehead atoms. The Balaban J connectivity index is 2.31. The van der Waals surface area contributed by atoms with E-state index in [1.165, 1.54) is 12.8 Å². The summed E-state index contributed by atoms with van der Waals surface area (Å²) in [6.07, 6.45) is 3.03. The summed E-state index contributed by atoms with van der Waals surface area (Å²) in [6.45, 7) is 2.56. The van der Waals surface area contributed by atoms with Gasteiger partial charge in [-0.3, -0.25) is 4.79 Å². The first-order valence-electron chi connectivity index (χ1n) is 6.13.